The van der Waals surface area contributed by atoms with Crippen molar-refractivity contribution < 1.29 is 14.7 Å². The largest absolute Gasteiger partial charge is 0.550 e. The molecule has 4 atom stereocenters. The molecule has 0 unspecified atom stereocenters. The molecule has 1 fully saturated rings. The van der Waals surface area contributed by atoms with Gasteiger partial charge in [-0.1, -0.05) is 23.8 Å². The van der Waals surface area contributed by atoms with Crippen LogP contribution in [0.4, 0.5) is 0 Å². The van der Waals surface area contributed by atoms with E-state index < -0.39 is 17.8 Å². The Kier molecular flexibility index (Phi) is 4.65. The van der Waals surface area contributed by atoms with E-state index in [1.54, 1.807) is 0 Å². The average molecular weight is 302 g/mol. The van der Waals surface area contributed by atoms with Crippen LogP contribution in [-0.4, -0.2) is 18.4 Å². The molecule has 0 spiro atoms. The van der Waals surface area contributed by atoms with Gasteiger partial charge in [-0.3, -0.25) is 4.79 Å². The van der Waals surface area contributed by atoms with Gasteiger partial charge in [0.05, 0.1) is 5.92 Å². The lowest BCUT2D eigenvalue weighted by atomic mass is 9.62. The van der Waals surface area contributed by atoms with Crippen LogP contribution >= 0.6 is 0 Å². The Labute approximate surface area is 131 Å². The number of nitrogens with one attached hydrogen (secondary N) is 1. The number of carbonyl (C=O) groups excluding carboxylic acids is 2. The van der Waals surface area contributed by atoms with Crippen LogP contribution in [0.1, 0.15) is 44.9 Å². The minimum Gasteiger partial charge on any atom is -0.550 e. The van der Waals surface area contributed by atoms with Crippen LogP contribution in [0.15, 0.2) is 23.8 Å². The summed E-state index contributed by atoms with van der Waals surface area (Å²) in [4.78, 5) is 23.9. The summed E-state index contributed by atoms with van der Waals surface area (Å²) in [6, 6.07) is 0. The summed E-state index contributed by atoms with van der Waals surface area (Å²) in [5.41, 5.74) is 1.42. The van der Waals surface area contributed by atoms with Crippen molar-refractivity contribution in [3.8, 4) is 0 Å². The Morgan fingerprint density at radius 1 is 1.14 bits per heavy atom. The van der Waals surface area contributed by atoms with E-state index in [0.717, 1.165) is 32.1 Å². The standard InChI is InChI=1S/C18H25NO3/c20-17(19-11-10-12-4-2-1-3-5-12)15-13-6-8-14(9-7-13)16(15)18(21)22/h4,6,8,13-16H,1-3,5,7,9-11H2,(H,19,20)(H,21,22)/p-1/t13-,14+,15+,16-/m1/s1. The van der Waals surface area contributed by atoms with E-state index in [9.17, 15) is 14.7 Å². The number of fused-ring (bicyclic) bond motifs is 2. The van der Waals surface area contributed by atoms with Gasteiger partial charge in [0.15, 0.2) is 0 Å². The number of hydrogen-bond acceptors (Lipinski definition) is 3. The molecule has 4 nitrogen and oxygen atoms in total. The second kappa shape index (κ2) is 6.67. The lowest BCUT2D eigenvalue weighted by Gasteiger charge is -2.44. The number of hydrogen-bond donors (Lipinski definition) is 1. The normalized spacial score (nSPS) is 33.4. The summed E-state index contributed by atoms with van der Waals surface area (Å²) in [5.74, 6) is -2.26. The number of amides is 1. The summed E-state index contributed by atoms with van der Waals surface area (Å²) in [6.45, 7) is 0.613. The maximum atomic E-state index is 12.5. The first-order valence-electron chi connectivity index (χ1n) is 8.51. The molecule has 0 heterocycles. The second-order valence-electron chi connectivity index (χ2n) is 6.81. The number of allylic oxidation sites excluding steroid dienone is 3. The lowest BCUT2D eigenvalue weighted by Crippen LogP contribution is -2.52. The first-order chi connectivity index (χ1) is 10.7. The zero-order chi connectivity index (χ0) is 15.5. The topological polar surface area (TPSA) is 69.2 Å². The highest BCUT2D eigenvalue weighted by Crippen LogP contribution is 2.44. The highest BCUT2D eigenvalue weighted by Gasteiger charge is 2.44. The molecule has 2 bridgehead atoms. The van der Waals surface area contributed by atoms with Gasteiger partial charge < -0.3 is 15.2 Å². The smallest absolute Gasteiger partial charge is 0.224 e. The zero-order valence-corrected chi connectivity index (χ0v) is 12.9. The van der Waals surface area contributed by atoms with E-state index in [-0.39, 0.29) is 17.7 Å². The second-order valence-corrected chi connectivity index (χ2v) is 6.81. The SMILES string of the molecule is O=C(NCCC1=CCCCC1)[C@@H]1[C@H](C(=O)[O-])[C@H]2C=C[C@@H]1CC2. The van der Waals surface area contributed by atoms with Gasteiger partial charge in [-0.15, -0.1) is 0 Å². The Morgan fingerprint density at radius 3 is 2.45 bits per heavy atom. The summed E-state index contributed by atoms with van der Waals surface area (Å²) >= 11 is 0. The van der Waals surface area contributed by atoms with Crippen LogP contribution in [0, 0.1) is 23.7 Å². The molecule has 0 aromatic carbocycles. The summed E-state index contributed by atoms with van der Waals surface area (Å²) in [5, 5.41) is 14.4. The van der Waals surface area contributed by atoms with Crippen molar-refractivity contribution in [2.75, 3.05) is 6.54 Å². The highest BCUT2D eigenvalue weighted by molar-refractivity contribution is 5.85. The van der Waals surface area contributed by atoms with Gasteiger partial charge >= 0.3 is 0 Å². The van der Waals surface area contributed by atoms with Crippen LogP contribution in [0.2, 0.25) is 0 Å². The van der Waals surface area contributed by atoms with Crippen molar-refractivity contribution in [1.82, 2.24) is 5.32 Å². The number of carbonyl (C=O) groups is 2. The van der Waals surface area contributed by atoms with Crippen LogP contribution in [0.5, 0.6) is 0 Å². The average Bonchev–Trinajstić information content (AvgIpc) is 2.55. The molecule has 4 heteroatoms. The van der Waals surface area contributed by atoms with Crippen LogP contribution in [0.3, 0.4) is 0 Å². The lowest BCUT2D eigenvalue weighted by molar-refractivity contribution is -0.316. The Balaban J connectivity index is 1.57. The minimum absolute atomic E-state index is 0.0354. The summed E-state index contributed by atoms with van der Waals surface area (Å²) in [6.07, 6.45) is 13.7. The number of carboxylic acid groups (broad SMARTS) is 1. The summed E-state index contributed by atoms with van der Waals surface area (Å²) in [7, 11) is 0. The fourth-order valence-electron chi connectivity index (χ4n) is 4.27. The Morgan fingerprint density at radius 2 is 1.86 bits per heavy atom. The highest BCUT2D eigenvalue weighted by atomic mass is 16.4. The monoisotopic (exact) mass is 302 g/mol. The van der Waals surface area contributed by atoms with Crippen LogP contribution in [-0.2, 0) is 9.59 Å². The van der Waals surface area contributed by atoms with E-state index in [4.69, 9.17) is 0 Å². The van der Waals surface area contributed by atoms with E-state index >= 15 is 0 Å². The van der Waals surface area contributed by atoms with E-state index in [1.807, 2.05) is 12.2 Å². The fourth-order valence-corrected chi connectivity index (χ4v) is 4.27. The predicted molar refractivity (Wildman–Crippen MR) is 81.5 cm³/mol. The minimum atomic E-state index is -1.07. The molecule has 22 heavy (non-hydrogen) atoms. The van der Waals surface area contributed by atoms with Gasteiger partial charge in [0.2, 0.25) is 5.91 Å². The Bertz CT molecular complexity index is 508. The number of carboxylic acids is 1. The molecule has 0 radical (unpaired) electrons. The number of aliphatic carboxylic acids is 1. The van der Waals surface area contributed by atoms with Crippen molar-refractivity contribution in [3.63, 3.8) is 0 Å². The molecule has 4 aliphatic rings. The molecule has 0 aromatic heterocycles. The van der Waals surface area contributed by atoms with Gasteiger partial charge in [0, 0.05) is 18.4 Å². The third-order valence-corrected chi connectivity index (χ3v) is 5.45. The molecule has 1 amide bonds. The molecule has 120 valence electrons. The molecular formula is C18H24NO3-. The van der Waals surface area contributed by atoms with Crippen molar-refractivity contribution >= 4 is 11.9 Å². The maximum Gasteiger partial charge on any atom is 0.224 e. The number of rotatable bonds is 5. The zero-order valence-electron chi connectivity index (χ0n) is 12.9. The third kappa shape index (κ3) is 3.11. The molecule has 0 aliphatic heterocycles. The molecule has 1 N–H and O–H groups in total. The molecule has 0 aromatic rings. The quantitative estimate of drug-likeness (QED) is 0.784. The van der Waals surface area contributed by atoms with Gasteiger partial charge in [-0.25, -0.2) is 0 Å². The van der Waals surface area contributed by atoms with Gasteiger partial charge in [0.1, 0.15) is 0 Å². The molecular weight excluding hydrogens is 278 g/mol. The van der Waals surface area contributed by atoms with E-state index in [1.165, 1.54) is 18.4 Å². The maximum absolute atomic E-state index is 12.5. The Hall–Kier alpha value is -1.58. The molecule has 4 aliphatic carbocycles. The van der Waals surface area contributed by atoms with Crippen molar-refractivity contribution in [1.29, 1.82) is 0 Å². The summed E-state index contributed by atoms with van der Waals surface area (Å²) < 4.78 is 0. The van der Waals surface area contributed by atoms with Gasteiger partial charge in [0.25, 0.3) is 0 Å². The molecule has 1 saturated carbocycles. The predicted octanol–water partition coefficient (Wildman–Crippen LogP) is 1.57. The van der Waals surface area contributed by atoms with Crippen LogP contribution < -0.4 is 10.4 Å². The first-order valence-corrected chi connectivity index (χ1v) is 8.51. The van der Waals surface area contributed by atoms with Crippen LogP contribution in [0.25, 0.3) is 0 Å². The van der Waals surface area contributed by atoms with Crippen molar-refractivity contribution in [2.24, 2.45) is 23.7 Å². The van der Waals surface area contributed by atoms with E-state index in [2.05, 4.69) is 11.4 Å². The fraction of sp³-hybridized carbons (Fsp3) is 0.667. The van der Waals surface area contributed by atoms with Crippen molar-refractivity contribution in [3.05, 3.63) is 23.8 Å². The van der Waals surface area contributed by atoms with Gasteiger partial charge in [-0.05, 0) is 56.8 Å². The van der Waals surface area contributed by atoms with Crippen molar-refractivity contribution in [2.45, 2.75) is 44.9 Å². The first kappa shape index (κ1) is 15.3. The third-order valence-electron chi connectivity index (χ3n) is 5.45. The molecule has 4 rings (SSSR count). The van der Waals surface area contributed by atoms with E-state index in [0.29, 0.717) is 6.54 Å². The molecule has 0 saturated heterocycles. The van der Waals surface area contributed by atoms with Gasteiger partial charge in [-0.2, -0.15) is 0 Å².